The van der Waals surface area contributed by atoms with E-state index in [1.165, 1.54) is 66.0 Å². The third-order valence-electron chi connectivity index (χ3n) is 7.95. The molecule has 4 rings (SSSR count). The Balaban J connectivity index is 2.03. The smallest absolute Gasteiger partial charge is 0.123 e. The fraction of sp³-hybridized carbons (Fsp3) is 0.333. The zero-order valence-electron chi connectivity index (χ0n) is 26.1. The molecule has 0 aromatic heterocycles. The van der Waals surface area contributed by atoms with Gasteiger partial charge in [-0.05, 0) is 103 Å². The fourth-order valence-corrected chi connectivity index (χ4v) is 9.66. The molecule has 0 fully saturated rings. The SMILES string of the molecule is Cc1cc(C)c(-c2ccc(-c3c(O)cc(-c4c(C)cc(C)cc4C)cc3[Si](C)(C)C)c([Si](C)(C)C)c2)c(C)c1. The molecule has 204 valence electrons. The van der Waals surface area contributed by atoms with Crippen molar-refractivity contribution in [1.29, 1.82) is 0 Å². The molecule has 0 atom stereocenters. The minimum atomic E-state index is -1.83. The molecule has 1 nitrogen and oxygen atoms in total. The number of benzene rings is 4. The van der Waals surface area contributed by atoms with Crippen LogP contribution in [-0.2, 0) is 0 Å². The van der Waals surface area contributed by atoms with Crippen LogP contribution in [0.3, 0.4) is 0 Å². The number of phenols is 1. The number of aryl methyl sites for hydroxylation is 6. The lowest BCUT2D eigenvalue weighted by Gasteiger charge is -2.29. The van der Waals surface area contributed by atoms with Gasteiger partial charge in [0.15, 0.2) is 0 Å². The van der Waals surface area contributed by atoms with E-state index >= 15 is 0 Å². The van der Waals surface area contributed by atoms with Crippen LogP contribution >= 0.6 is 0 Å². The van der Waals surface area contributed by atoms with E-state index < -0.39 is 16.1 Å². The summed E-state index contributed by atoms with van der Waals surface area (Å²) in [5, 5.41) is 14.6. The van der Waals surface area contributed by atoms with E-state index in [4.69, 9.17) is 0 Å². The highest BCUT2D eigenvalue weighted by atomic mass is 28.3. The van der Waals surface area contributed by atoms with Gasteiger partial charge >= 0.3 is 0 Å². The van der Waals surface area contributed by atoms with Gasteiger partial charge < -0.3 is 5.11 Å². The largest absolute Gasteiger partial charge is 0.507 e. The molecule has 0 heterocycles. The summed E-state index contributed by atoms with van der Waals surface area (Å²) in [5.74, 6) is 0.402. The van der Waals surface area contributed by atoms with Crippen LogP contribution in [0, 0.1) is 41.5 Å². The Morgan fingerprint density at radius 1 is 0.462 bits per heavy atom. The van der Waals surface area contributed by atoms with E-state index in [0.717, 1.165) is 11.1 Å². The van der Waals surface area contributed by atoms with E-state index in [-0.39, 0.29) is 0 Å². The van der Waals surface area contributed by atoms with Gasteiger partial charge in [-0.15, -0.1) is 0 Å². The summed E-state index contributed by atoms with van der Waals surface area (Å²) in [6.07, 6.45) is 0. The highest BCUT2D eigenvalue weighted by Gasteiger charge is 2.29. The van der Waals surface area contributed by atoms with Crippen molar-refractivity contribution < 1.29 is 5.11 Å². The molecule has 0 spiro atoms. The second-order valence-corrected chi connectivity index (χ2v) is 23.8. The van der Waals surface area contributed by atoms with Crippen molar-refractivity contribution in [3.8, 4) is 39.1 Å². The van der Waals surface area contributed by atoms with Crippen LogP contribution in [0.4, 0.5) is 0 Å². The maximum Gasteiger partial charge on any atom is 0.123 e. The van der Waals surface area contributed by atoms with Crippen LogP contribution in [0.5, 0.6) is 5.75 Å². The lowest BCUT2D eigenvalue weighted by Crippen LogP contribution is -2.43. The number of rotatable bonds is 5. The predicted octanol–water partition coefficient (Wildman–Crippen LogP) is 9.33. The second-order valence-electron chi connectivity index (χ2n) is 13.7. The standard InChI is InChI=1S/C36H46OSi2/c1-22-15-24(3)34(25(4)16-22)28-13-14-30(32(20-28)38(7,8)9)36-31(37)19-29(21-33(36)39(10,11)12)35-26(5)17-23(2)18-27(35)6/h13-21,37H,1-12H3. The molecule has 3 heteroatoms. The van der Waals surface area contributed by atoms with Crippen molar-refractivity contribution >= 4 is 26.5 Å². The van der Waals surface area contributed by atoms with Crippen LogP contribution in [-0.4, -0.2) is 21.3 Å². The van der Waals surface area contributed by atoms with Crippen molar-refractivity contribution in [2.75, 3.05) is 0 Å². The topological polar surface area (TPSA) is 20.2 Å². The molecule has 39 heavy (non-hydrogen) atoms. The molecule has 1 N–H and O–H groups in total. The van der Waals surface area contributed by atoms with Gasteiger partial charge in [0, 0.05) is 5.56 Å². The lowest BCUT2D eigenvalue weighted by molar-refractivity contribution is 0.478. The van der Waals surface area contributed by atoms with Gasteiger partial charge in [0.2, 0.25) is 0 Å². The number of phenolic OH excluding ortho intramolecular Hbond substituents is 1. The van der Waals surface area contributed by atoms with Gasteiger partial charge in [-0.3, -0.25) is 0 Å². The zero-order valence-corrected chi connectivity index (χ0v) is 28.1. The summed E-state index contributed by atoms with van der Waals surface area (Å²) < 4.78 is 0. The van der Waals surface area contributed by atoms with Gasteiger partial charge in [0.05, 0.1) is 16.1 Å². The maximum atomic E-state index is 11.8. The molecular weight excluding hydrogens is 505 g/mol. The molecule has 0 saturated carbocycles. The van der Waals surface area contributed by atoms with Gasteiger partial charge in [-0.1, -0.05) is 104 Å². The van der Waals surface area contributed by atoms with E-state index in [9.17, 15) is 5.11 Å². The molecule has 0 bridgehead atoms. The number of aromatic hydroxyl groups is 1. The van der Waals surface area contributed by atoms with Crippen molar-refractivity contribution in [3.63, 3.8) is 0 Å². The third-order valence-corrected chi connectivity index (χ3v) is 12.0. The lowest BCUT2D eigenvalue weighted by atomic mass is 9.90. The Labute approximate surface area is 239 Å². The summed E-state index contributed by atoms with van der Waals surface area (Å²) in [6, 6.07) is 20.5. The maximum absolute atomic E-state index is 11.8. The van der Waals surface area contributed by atoms with Crippen molar-refractivity contribution in [2.24, 2.45) is 0 Å². The van der Waals surface area contributed by atoms with Crippen LogP contribution in [0.25, 0.3) is 33.4 Å². The van der Waals surface area contributed by atoms with Crippen molar-refractivity contribution in [3.05, 3.63) is 88.0 Å². The fourth-order valence-electron chi connectivity index (χ4n) is 6.45. The van der Waals surface area contributed by atoms with Gasteiger partial charge in [-0.2, -0.15) is 0 Å². The molecule has 0 radical (unpaired) electrons. The Hall–Kier alpha value is -2.89. The Bertz CT molecular complexity index is 1530. The van der Waals surface area contributed by atoms with Gasteiger partial charge in [0.25, 0.3) is 0 Å². The van der Waals surface area contributed by atoms with E-state index in [1.807, 2.05) is 6.07 Å². The minimum absolute atomic E-state index is 0.402. The first-order valence-electron chi connectivity index (χ1n) is 14.2. The monoisotopic (exact) mass is 550 g/mol. The molecule has 0 aliphatic carbocycles. The zero-order chi connectivity index (χ0) is 29.0. The first-order valence-corrected chi connectivity index (χ1v) is 21.2. The van der Waals surface area contributed by atoms with Gasteiger partial charge in [-0.25, -0.2) is 0 Å². The number of hydrogen-bond donors (Lipinski definition) is 1. The van der Waals surface area contributed by atoms with Gasteiger partial charge in [0.1, 0.15) is 5.75 Å². The summed E-state index contributed by atoms with van der Waals surface area (Å²) in [6.45, 7) is 27.6. The molecule has 0 aliphatic heterocycles. The Morgan fingerprint density at radius 3 is 1.31 bits per heavy atom. The van der Waals surface area contributed by atoms with E-state index in [2.05, 4.69) is 129 Å². The normalized spacial score (nSPS) is 12.2. The molecule has 0 unspecified atom stereocenters. The van der Waals surface area contributed by atoms with Crippen LogP contribution in [0.15, 0.2) is 54.6 Å². The first-order chi connectivity index (χ1) is 18.0. The second kappa shape index (κ2) is 10.3. The predicted molar refractivity (Wildman–Crippen MR) is 179 cm³/mol. The van der Waals surface area contributed by atoms with Crippen molar-refractivity contribution in [1.82, 2.24) is 0 Å². The third kappa shape index (κ3) is 5.71. The van der Waals surface area contributed by atoms with Crippen LogP contribution < -0.4 is 10.4 Å². The van der Waals surface area contributed by atoms with Crippen LogP contribution in [0.2, 0.25) is 39.3 Å². The molecule has 0 amide bonds. The molecule has 4 aromatic rings. The average molecular weight is 551 g/mol. The van der Waals surface area contributed by atoms with E-state index in [0.29, 0.717) is 5.75 Å². The Kier molecular flexibility index (Phi) is 7.66. The number of hydrogen-bond acceptors (Lipinski definition) is 1. The highest BCUT2D eigenvalue weighted by molar-refractivity contribution is 6.91. The Morgan fingerprint density at radius 2 is 0.872 bits per heavy atom. The first kappa shape index (κ1) is 29.1. The average Bonchev–Trinajstić information content (AvgIpc) is 2.76. The molecule has 0 saturated heterocycles. The van der Waals surface area contributed by atoms with E-state index in [1.54, 1.807) is 0 Å². The van der Waals surface area contributed by atoms with Crippen molar-refractivity contribution in [2.45, 2.75) is 80.8 Å². The summed E-state index contributed by atoms with van der Waals surface area (Å²) in [4.78, 5) is 0. The molecule has 0 aliphatic rings. The molecular formula is C36H46OSi2. The van der Waals surface area contributed by atoms with Crippen LogP contribution in [0.1, 0.15) is 33.4 Å². The summed E-state index contributed by atoms with van der Waals surface area (Å²) in [7, 11) is -3.60. The molecule has 4 aromatic carbocycles. The minimum Gasteiger partial charge on any atom is -0.507 e. The summed E-state index contributed by atoms with van der Waals surface area (Å²) >= 11 is 0. The summed E-state index contributed by atoms with van der Waals surface area (Å²) in [5.41, 5.74) is 15.0. The quantitative estimate of drug-likeness (QED) is 0.245. The highest BCUT2D eigenvalue weighted by Crippen LogP contribution is 2.38.